The number of nitrogens with one attached hydrogen (secondary N) is 1. The number of hydrogen-bond acceptors (Lipinski definition) is 3. The zero-order chi connectivity index (χ0) is 13.5. The van der Waals surface area contributed by atoms with Crippen LogP contribution < -0.4 is 5.32 Å². The second-order valence-electron chi connectivity index (χ2n) is 5.66. The molecule has 3 N–H and O–H groups in total. The first-order chi connectivity index (χ1) is 9.07. The van der Waals surface area contributed by atoms with Gasteiger partial charge >= 0.3 is 0 Å². The Balaban J connectivity index is 2.06. The summed E-state index contributed by atoms with van der Waals surface area (Å²) in [6, 6.07) is 6.95. The van der Waals surface area contributed by atoms with E-state index in [1.165, 1.54) is 0 Å². The number of carbonyl (C=O) groups excluding carboxylic acids is 1. The third-order valence-electron chi connectivity index (χ3n) is 4.46. The van der Waals surface area contributed by atoms with Crippen molar-refractivity contribution in [1.29, 1.82) is 0 Å². The number of carbonyl (C=O) groups is 1. The molecule has 19 heavy (non-hydrogen) atoms. The third kappa shape index (κ3) is 1.78. The summed E-state index contributed by atoms with van der Waals surface area (Å²) in [4.78, 5) is 12.0. The van der Waals surface area contributed by atoms with Crippen molar-refractivity contribution in [2.75, 3.05) is 0 Å². The van der Waals surface area contributed by atoms with Crippen molar-refractivity contribution in [2.45, 2.75) is 49.9 Å². The molecule has 1 aromatic carbocycles. The summed E-state index contributed by atoms with van der Waals surface area (Å²) in [5.74, 6) is -0.309. The maximum absolute atomic E-state index is 12.0. The van der Waals surface area contributed by atoms with E-state index in [4.69, 9.17) is 0 Å². The fourth-order valence-corrected chi connectivity index (χ4v) is 3.34. The molecule has 1 heterocycles. The van der Waals surface area contributed by atoms with Gasteiger partial charge in [0.15, 0.2) is 5.72 Å². The number of rotatable bonds is 1. The van der Waals surface area contributed by atoms with Crippen molar-refractivity contribution in [3.63, 3.8) is 0 Å². The molecular formula is C15H19NO3. The van der Waals surface area contributed by atoms with Crippen molar-refractivity contribution in [3.05, 3.63) is 35.4 Å². The maximum Gasteiger partial charge on any atom is 0.254 e. The Hall–Kier alpha value is -1.39. The van der Waals surface area contributed by atoms with Gasteiger partial charge in [0.1, 0.15) is 5.60 Å². The standard InChI is InChI=1S/C15H19NO3/c17-13-11-7-3-4-8-12(11)15(19,16-13)14(18)9-5-1-2-6-10-14/h3-4,7-8,18-19H,1-2,5-6,9-10H2,(H,16,17). The zero-order valence-corrected chi connectivity index (χ0v) is 10.9. The minimum Gasteiger partial charge on any atom is -0.384 e. The maximum atomic E-state index is 12.0. The van der Waals surface area contributed by atoms with E-state index in [1.54, 1.807) is 24.3 Å². The molecule has 0 aromatic heterocycles. The van der Waals surface area contributed by atoms with Crippen molar-refractivity contribution < 1.29 is 15.0 Å². The third-order valence-corrected chi connectivity index (χ3v) is 4.46. The van der Waals surface area contributed by atoms with Gasteiger partial charge in [-0.15, -0.1) is 0 Å². The summed E-state index contributed by atoms with van der Waals surface area (Å²) >= 11 is 0. The van der Waals surface area contributed by atoms with Crippen LogP contribution in [-0.4, -0.2) is 21.7 Å². The van der Waals surface area contributed by atoms with E-state index in [9.17, 15) is 15.0 Å². The van der Waals surface area contributed by atoms with Crippen LogP contribution >= 0.6 is 0 Å². The summed E-state index contributed by atoms with van der Waals surface area (Å²) < 4.78 is 0. The summed E-state index contributed by atoms with van der Waals surface area (Å²) in [5, 5.41) is 24.5. The lowest BCUT2D eigenvalue weighted by Gasteiger charge is -2.41. The van der Waals surface area contributed by atoms with E-state index < -0.39 is 11.3 Å². The van der Waals surface area contributed by atoms with E-state index in [1.807, 2.05) is 0 Å². The number of hydrogen-bond donors (Lipinski definition) is 3. The Morgan fingerprint density at radius 1 is 1.00 bits per heavy atom. The predicted molar refractivity (Wildman–Crippen MR) is 70.5 cm³/mol. The Kier molecular flexibility index (Phi) is 2.87. The van der Waals surface area contributed by atoms with E-state index in [0.717, 1.165) is 25.7 Å². The van der Waals surface area contributed by atoms with Gasteiger partial charge in [0, 0.05) is 11.1 Å². The summed E-state index contributed by atoms with van der Waals surface area (Å²) in [6.07, 6.45) is 4.89. The van der Waals surface area contributed by atoms with Gasteiger partial charge in [-0.1, -0.05) is 43.9 Å². The average Bonchev–Trinajstić information content (AvgIpc) is 2.57. The van der Waals surface area contributed by atoms with Crippen LogP contribution in [0.2, 0.25) is 0 Å². The topological polar surface area (TPSA) is 69.6 Å². The van der Waals surface area contributed by atoms with Gasteiger partial charge in [-0.05, 0) is 18.9 Å². The monoisotopic (exact) mass is 261 g/mol. The molecule has 1 aromatic rings. The van der Waals surface area contributed by atoms with Crippen LogP contribution in [0.3, 0.4) is 0 Å². The highest BCUT2D eigenvalue weighted by Gasteiger charge is 2.55. The SMILES string of the molecule is O=C1NC(O)(C2(O)CCCCCC2)c2ccccc21. The van der Waals surface area contributed by atoms with Gasteiger partial charge in [0.2, 0.25) is 0 Å². The molecule has 4 heteroatoms. The first-order valence-corrected chi connectivity index (χ1v) is 6.94. The van der Waals surface area contributed by atoms with E-state index >= 15 is 0 Å². The Labute approximate surface area is 112 Å². The quantitative estimate of drug-likeness (QED) is 0.673. The van der Waals surface area contributed by atoms with Gasteiger partial charge in [-0.2, -0.15) is 0 Å². The van der Waals surface area contributed by atoms with Gasteiger partial charge < -0.3 is 15.5 Å². The predicted octanol–water partition coefficient (Wildman–Crippen LogP) is 1.66. The Bertz CT molecular complexity index is 506. The number of aliphatic hydroxyl groups is 2. The molecule has 1 aliphatic heterocycles. The minimum atomic E-state index is -1.65. The molecule has 0 saturated heterocycles. The molecular weight excluding hydrogens is 242 g/mol. The highest BCUT2D eigenvalue weighted by Crippen LogP contribution is 2.44. The summed E-state index contributed by atoms with van der Waals surface area (Å²) in [5.41, 5.74) is -1.95. The lowest BCUT2D eigenvalue weighted by molar-refractivity contribution is -0.174. The molecule has 102 valence electrons. The highest BCUT2D eigenvalue weighted by molar-refractivity contribution is 5.99. The largest absolute Gasteiger partial charge is 0.384 e. The van der Waals surface area contributed by atoms with Crippen molar-refractivity contribution in [2.24, 2.45) is 0 Å². The molecule has 0 spiro atoms. The van der Waals surface area contributed by atoms with Crippen LogP contribution in [0.1, 0.15) is 54.4 Å². The van der Waals surface area contributed by atoms with Crippen molar-refractivity contribution >= 4 is 5.91 Å². The minimum absolute atomic E-state index is 0.309. The van der Waals surface area contributed by atoms with E-state index in [2.05, 4.69) is 5.32 Å². The van der Waals surface area contributed by atoms with Crippen molar-refractivity contribution in [1.82, 2.24) is 5.32 Å². The highest BCUT2D eigenvalue weighted by atomic mass is 16.4. The number of fused-ring (bicyclic) bond motifs is 1. The van der Waals surface area contributed by atoms with Gasteiger partial charge in [-0.3, -0.25) is 4.79 Å². The number of benzene rings is 1. The van der Waals surface area contributed by atoms with E-state index in [0.29, 0.717) is 24.0 Å². The fraction of sp³-hybridized carbons (Fsp3) is 0.533. The lowest BCUT2D eigenvalue weighted by atomic mass is 9.79. The Morgan fingerprint density at radius 2 is 1.63 bits per heavy atom. The van der Waals surface area contributed by atoms with Gasteiger partial charge in [-0.25, -0.2) is 0 Å². The smallest absolute Gasteiger partial charge is 0.254 e. The van der Waals surface area contributed by atoms with Crippen LogP contribution in [0.5, 0.6) is 0 Å². The summed E-state index contributed by atoms with van der Waals surface area (Å²) in [7, 11) is 0. The molecule has 1 saturated carbocycles. The molecule has 4 nitrogen and oxygen atoms in total. The van der Waals surface area contributed by atoms with Gasteiger partial charge in [0.25, 0.3) is 5.91 Å². The van der Waals surface area contributed by atoms with Crippen LogP contribution in [0.15, 0.2) is 24.3 Å². The molecule has 1 fully saturated rings. The first kappa shape index (κ1) is 12.6. The fourth-order valence-electron chi connectivity index (χ4n) is 3.34. The molecule has 2 aliphatic rings. The molecule has 0 radical (unpaired) electrons. The second kappa shape index (κ2) is 4.32. The molecule has 1 atom stereocenters. The Morgan fingerprint density at radius 3 is 2.32 bits per heavy atom. The molecule has 0 bridgehead atoms. The summed E-state index contributed by atoms with van der Waals surface area (Å²) in [6.45, 7) is 0. The average molecular weight is 261 g/mol. The molecule has 1 unspecified atom stereocenters. The van der Waals surface area contributed by atoms with Crippen LogP contribution in [-0.2, 0) is 5.72 Å². The van der Waals surface area contributed by atoms with Crippen LogP contribution in [0, 0.1) is 0 Å². The lowest BCUT2D eigenvalue weighted by Crippen LogP contribution is -2.58. The van der Waals surface area contributed by atoms with Crippen LogP contribution in [0.4, 0.5) is 0 Å². The van der Waals surface area contributed by atoms with Crippen molar-refractivity contribution in [3.8, 4) is 0 Å². The molecule has 1 aliphatic carbocycles. The zero-order valence-electron chi connectivity index (χ0n) is 10.9. The number of amides is 1. The molecule has 1 amide bonds. The van der Waals surface area contributed by atoms with E-state index in [-0.39, 0.29) is 5.91 Å². The van der Waals surface area contributed by atoms with Crippen LogP contribution in [0.25, 0.3) is 0 Å². The second-order valence-corrected chi connectivity index (χ2v) is 5.66. The van der Waals surface area contributed by atoms with Gasteiger partial charge in [0.05, 0.1) is 0 Å². The first-order valence-electron chi connectivity index (χ1n) is 6.94. The molecule has 3 rings (SSSR count). The normalized spacial score (nSPS) is 29.5.